The first-order valence-corrected chi connectivity index (χ1v) is 8.74. The molecule has 0 aromatic carbocycles. The SMILES string of the molecule is C=CCOC(=O)OC1=CC2=CCC[C@H](OC(=O)C(C)(C)C)[C@@]2(C)CC1. The summed E-state index contributed by atoms with van der Waals surface area (Å²) in [5, 5.41) is 0. The average Bonchev–Trinajstić information content (AvgIpc) is 2.53. The number of rotatable bonds is 4. The third-order valence-electron chi connectivity index (χ3n) is 4.77. The Morgan fingerprint density at radius 3 is 2.76 bits per heavy atom. The van der Waals surface area contributed by atoms with Gasteiger partial charge in [-0.05, 0) is 51.7 Å². The van der Waals surface area contributed by atoms with Crippen LogP contribution in [0.5, 0.6) is 0 Å². The second-order valence-corrected chi connectivity index (χ2v) is 7.86. The van der Waals surface area contributed by atoms with Gasteiger partial charge in [-0.2, -0.15) is 0 Å². The van der Waals surface area contributed by atoms with Gasteiger partial charge in [-0.3, -0.25) is 4.79 Å². The summed E-state index contributed by atoms with van der Waals surface area (Å²) in [6, 6.07) is 0. The summed E-state index contributed by atoms with van der Waals surface area (Å²) in [6.07, 6.45) is 7.62. The minimum absolute atomic E-state index is 0.122. The van der Waals surface area contributed by atoms with Crippen LogP contribution in [0.3, 0.4) is 0 Å². The number of carbonyl (C=O) groups excluding carboxylic acids is 2. The highest BCUT2D eigenvalue weighted by molar-refractivity contribution is 5.75. The highest BCUT2D eigenvalue weighted by Crippen LogP contribution is 2.48. The fourth-order valence-corrected chi connectivity index (χ4v) is 3.12. The van der Waals surface area contributed by atoms with Crippen molar-refractivity contribution in [1.82, 2.24) is 0 Å². The maximum absolute atomic E-state index is 12.3. The van der Waals surface area contributed by atoms with Crippen molar-refractivity contribution in [3.63, 3.8) is 0 Å². The number of hydrogen-bond donors (Lipinski definition) is 0. The van der Waals surface area contributed by atoms with Crippen molar-refractivity contribution >= 4 is 12.1 Å². The maximum Gasteiger partial charge on any atom is 0.513 e. The lowest BCUT2D eigenvalue weighted by molar-refractivity contribution is -0.165. The fourth-order valence-electron chi connectivity index (χ4n) is 3.12. The number of allylic oxidation sites excluding steroid dienone is 3. The Morgan fingerprint density at radius 1 is 1.40 bits per heavy atom. The average molecular weight is 348 g/mol. The molecular weight excluding hydrogens is 320 g/mol. The van der Waals surface area contributed by atoms with Crippen LogP contribution in [0.1, 0.15) is 53.4 Å². The smallest absolute Gasteiger partial charge is 0.461 e. The quantitative estimate of drug-likeness (QED) is 0.545. The van der Waals surface area contributed by atoms with Gasteiger partial charge in [0.15, 0.2) is 0 Å². The van der Waals surface area contributed by atoms with Crippen LogP contribution in [-0.2, 0) is 19.0 Å². The molecule has 2 aliphatic carbocycles. The lowest BCUT2D eigenvalue weighted by Gasteiger charge is -2.44. The van der Waals surface area contributed by atoms with Crippen molar-refractivity contribution in [2.75, 3.05) is 6.61 Å². The van der Waals surface area contributed by atoms with Crippen LogP contribution in [-0.4, -0.2) is 24.8 Å². The highest BCUT2D eigenvalue weighted by Gasteiger charge is 2.44. The Labute approximate surface area is 149 Å². The second kappa shape index (κ2) is 7.46. The molecule has 2 rings (SSSR count). The van der Waals surface area contributed by atoms with Crippen LogP contribution in [0.2, 0.25) is 0 Å². The van der Waals surface area contributed by atoms with Crippen LogP contribution in [0.25, 0.3) is 0 Å². The minimum atomic E-state index is -0.720. The Morgan fingerprint density at radius 2 is 2.12 bits per heavy atom. The van der Waals surface area contributed by atoms with Crippen molar-refractivity contribution in [3.05, 3.63) is 36.1 Å². The predicted octanol–water partition coefficient (Wildman–Crippen LogP) is 4.69. The minimum Gasteiger partial charge on any atom is -0.461 e. The molecule has 0 heterocycles. The molecular formula is C20H28O5. The summed E-state index contributed by atoms with van der Waals surface area (Å²) in [6.45, 7) is 11.3. The molecule has 0 aromatic heterocycles. The van der Waals surface area contributed by atoms with Crippen LogP contribution < -0.4 is 0 Å². The molecule has 0 saturated heterocycles. The molecule has 0 fully saturated rings. The van der Waals surface area contributed by atoms with Gasteiger partial charge < -0.3 is 14.2 Å². The molecule has 0 amide bonds. The summed E-state index contributed by atoms with van der Waals surface area (Å²) in [4.78, 5) is 23.9. The second-order valence-electron chi connectivity index (χ2n) is 7.86. The summed E-state index contributed by atoms with van der Waals surface area (Å²) < 4.78 is 16.0. The Balaban J connectivity index is 2.10. The Kier molecular flexibility index (Phi) is 5.76. The third-order valence-corrected chi connectivity index (χ3v) is 4.77. The monoisotopic (exact) mass is 348 g/mol. The van der Waals surface area contributed by atoms with Gasteiger partial charge in [0.25, 0.3) is 0 Å². The van der Waals surface area contributed by atoms with E-state index in [-0.39, 0.29) is 24.1 Å². The first-order valence-electron chi connectivity index (χ1n) is 8.74. The maximum atomic E-state index is 12.3. The molecule has 0 radical (unpaired) electrons. The summed E-state index contributed by atoms with van der Waals surface area (Å²) in [5.41, 5.74) is 0.283. The van der Waals surface area contributed by atoms with E-state index >= 15 is 0 Å². The molecule has 0 aromatic rings. The van der Waals surface area contributed by atoms with Crippen LogP contribution >= 0.6 is 0 Å². The number of esters is 1. The Hall–Kier alpha value is -2.04. The van der Waals surface area contributed by atoms with E-state index < -0.39 is 11.6 Å². The van der Waals surface area contributed by atoms with Crippen LogP contribution in [0, 0.1) is 10.8 Å². The van der Waals surface area contributed by atoms with Gasteiger partial charge in [0.05, 0.1) is 5.41 Å². The predicted molar refractivity (Wildman–Crippen MR) is 94.7 cm³/mol. The van der Waals surface area contributed by atoms with E-state index in [4.69, 9.17) is 14.2 Å². The summed E-state index contributed by atoms with van der Waals surface area (Å²) in [7, 11) is 0. The lowest BCUT2D eigenvalue weighted by atomic mass is 9.66. The first kappa shape index (κ1) is 19.3. The summed E-state index contributed by atoms with van der Waals surface area (Å²) in [5.74, 6) is 0.402. The van der Waals surface area contributed by atoms with Gasteiger partial charge in [0, 0.05) is 11.8 Å². The largest absolute Gasteiger partial charge is 0.513 e. The molecule has 0 N–H and O–H groups in total. The van der Waals surface area contributed by atoms with Gasteiger partial charge in [-0.25, -0.2) is 4.79 Å². The number of hydrogen-bond acceptors (Lipinski definition) is 5. The molecule has 138 valence electrons. The van der Waals surface area contributed by atoms with Gasteiger partial charge in [-0.15, -0.1) is 0 Å². The molecule has 2 atom stereocenters. The van der Waals surface area contributed by atoms with Gasteiger partial charge in [0.1, 0.15) is 18.5 Å². The van der Waals surface area contributed by atoms with E-state index in [1.807, 2.05) is 26.8 Å². The van der Waals surface area contributed by atoms with E-state index in [9.17, 15) is 9.59 Å². The Bertz CT molecular complexity index is 608. The number of carbonyl (C=O) groups is 2. The summed E-state index contributed by atoms with van der Waals surface area (Å²) >= 11 is 0. The van der Waals surface area contributed by atoms with Crippen LogP contribution in [0.4, 0.5) is 4.79 Å². The van der Waals surface area contributed by atoms with Gasteiger partial charge in [-0.1, -0.05) is 25.7 Å². The molecule has 0 saturated carbocycles. The molecule has 0 spiro atoms. The third kappa shape index (κ3) is 4.53. The van der Waals surface area contributed by atoms with E-state index in [0.717, 1.165) is 24.8 Å². The van der Waals surface area contributed by atoms with Crippen molar-refractivity contribution in [2.45, 2.75) is 59.5 Å². The standard InChI is InChI=1S/C20H28O5/c1-6-12-23-18(22)24-15-10-11-20(5)14(13-15)8-7-9-16(20)25-17(21)19(2,3)4/h6,8,13,16H,1,7,9-12H2,2-5H3/t16-,20-/m0/s1. The molecule has 0 unspecified atom stereocenters. The molecule has 5 nitrogen and oxygen atoms in total. The van der Waals surface area contributed by atoms with Crippen molar-refractivity contribution < 1.29 is 23.8 Å². The first-order chi connectivity index (χ1) is 11.7. The van der Waals surface area contributed by atoms with Crippen LogP contribution in [0.15, 0.2) is 36.1 Å². The molecule has 0 aliphatic heterocycles. The van der Waals surface area contributed by atoms with Crippen molar-refractivity contribution in [3.8, 4) is 0 Å². The highest BCUT2D eigenvalue weighted by atomic mass is 16.7. The van der Waals surface area contributed by atoms with Gasteiger partial charge >= 0.3 is 12.1 Å². The topological polar surface area (TPSA) is 61.8 Å². The van der Waals surface area contributed by atoms with Crippen molar-refractivity contribution in [2.24, 2.45) is 10.8 Å². The van der Waals surface area contributed by atoms with E-state index in [1.54, 1.807) is 0 Å². The van der Waals surface area contributed by atoms with E-state index in [2.05, 4.69) is 19.6 Å². The van der Waals surface area contributed by atoms with E-state index in [0.29, 0.717) is 12.2 Å². The molecule has 2 aliphatic rings. The zero-order valence-electron chi connectivity index (χ0n) is 15.6. The lowest BCUT2D eigenvalue weighted by Crippen LogP contribution is -2.43. The molecule has 25 heavy (non-hydrogen) atoms. The fraction of sp³-hybridized carbons (Fsp3) is 0.600. The number of ether oxygens (including phenoxy) is 3. The van der Waals surface area contributed by atoms with E-state index in [1.165, 1.54) is 6.08 Å². The molecule has 5 heteroatoms. The number of fused-ring (bicyclic) bond motifs is 1. The van der Waals surface area contributed by atoms with Gasteiger partial charge in [0.2, 0.25) is 0 Å². The normalized spacial score (nSPS) is 25.8. The molecule has 0 bridgehead atoms. The zero-order valence-corrected chi connectivity index (χ0v) is 15.6. The zero-order chi connectivity index (χ0) is 18.7. The van der Waals surface area contributed by atoms with Crippen molar-refractivity contribution in [1.29, 1.82) is 0 Å².